The van der Waals surface area contributed by atoms with E-state index in [1.807, 2.05) is 0 Å². The van der Waals surface area contributed by atoms with Crippen molar-refractivity contribution in [1.82, 2.24) is 30.7 Å². The highest BCUT2D eigenvalue weighted by Crippen LogP contribution is 2.24. The fraction of sp³-hybridized carbons (Fsp3) is 0.876. The van der Waals surface area contributed by atoms with Crippen LogP contribution in [-0.2, 0) is 68.4 Å². The number of esters is 6. The molecule has 3 N–H and O–H groups in total. The number of nitrogens with one attached hydrogen (secondary N) is 3. The highest BCUT2D eigenvalue weighted by atomic mass is 16.6. The van der Waals surface area contributed by atoms with E-state index in [1.165, 1.54) is 38.5 Å². The second-order valence-electron chi connectivity index (χ2n) is 41.9. The molecule has 0 fully saturated rings. The molecule has 0 saturated carbocycles. The number of rotatable bonds is 106. The minimum Gasteiger partial charge on any atom is -0.462 e. The average molecular weight is 2000 g/mol. The summed E-state index contributed by atoms with van der Waals surface area (Å²) in [6.07, 6.45) is 74.2. The van der Waals surface area contributed by atoms with Gasteiger partial charge in [0.15, 0.2) is 0 Å². The molecule has 21 heteroatoms. The Labute approximate surface area is 871 Å². The number of hydrogen-bond acceptors (Lipinski definition) is 18. The predicted octanol–water partition coefficient (Wildman–Crippen LogP) is 30.7. The number of unbranched alkanes of at least 4 members (excludes halogenated alkanes) is 42. The summed E-state index contributed by atoms with van der Waals surface area (Å²) < 4.78 is 35.1. The zero-order chi connectivity index (χ0) is 104. The highest BCUT2D eigenvalue weighted by molar-refractivity contribution is 6.00. The van der Waals surface area contributed by atoms with E-state index in [4.69, 9.17) is 28.4 Å². The number of ether oxygens (including phenoxy) is 6. The Kier molecular flexibility index (Phi) is 93.3. The molecule has 3 amide bonds. The maximum atomic E-state index is 14.6. The van der Waals surface area contributed by atoms with Gasteiger partial charge in [-0.25, -0.2) is 0 Å². The molecule has 0 aliphatic rings. The number of carbonyl (C=O) groups excluding carboxylic acids is 9. The number of benzene rings is 1. The van der Waals surface area contributed by atoms with Crippen molar-refractivity contribution in [3.8, 4) is 0 Å². The summed E-state index contributed by atoms with van der Waals surface area (Å²) in [6.45, 7) is 35.5. The van der Waals surface area contributed by atoms with Crippen LogP contribution in [0.2, 0.25) is 0 Å². The number of hydrogen-bond donors (Lipinski definition) is 3. The lowest BCUT2D eigenvalue weighted by molar-refractivity contribution is -0.150. The summed E-state index contributed by atoms with van der Waals surface area (Å²) in [5, 5.41) is 9.69. The Bertz CT molecular complexity index is 2880. The molecule has 828 valence electrons. The van der Waals surface area contributed by atoms with Crippen LogP contribution in [0.5, 0.6) is 0 Å². The SMILES string of the molecule is CCCCCC(CC)OC(=O)CCCCCCCCN(CCCCCCCCC(=O)OC(CC)CCCCC)CCCNC(=O)Cc1cc(C(=O)NCCCN(CCCCCCCCC(=O)OC(CC)CCCCC)CCCCCCCCC(=O)OC(CC)CCCCC)cc(C(=O)NCCCN(CCCCCCCCC(=O)OC(CC)CCCCC)CCCCCCCCC(=O)OC(CC)CCCCC)c1. The van der Waals surface area contributed by atoms with Crippen LogP contribution in [0.3, 0.4) is 0 Å². The normalized spacial score (nSPS) is 12.9. The lowest BCUT2D eigenvalue weighted by Gasteiger charge is -2.23. The summed E-state index contributed by atoms with van der Waals surface area (Å²) in [7, 11) is 0. The van der Waals surface area contributed by atoms with Crippen molar-refractivity contribution >= 4 is 53.5 Å². The summed E-state index contributed by atoms with van der Waals surface area (Å²) in [5.41, 5.74) is 1.30. The Morgan fingerprint density at radius 1 is 0.211 bits per heavy atom. The molecule has 6 atom stereocenters. The van der Waals surface area contributed by atoms with Crippen LogP contribution in [0, 0.1) is 0 Å². The molecule has 1 aromatic carbocycles. The van der Waals surface area contributed by atoms with Crippen molar-refractivity contribution in [2.45, 2.75) is 608 Å². The van der Waals surface area contributed by atoms with Crippen molar-refractivity contribution in [3.05, 3.63) is 34.9 Å². The highest BCUT2D eigenvalue weighted by Gasteiger charge is 2.23. The summed E-state index contributed by atoms with van der Waals surface area (Å²) in [5.74, 6) is -1.10. The van der Waals surface area contributed by atoms with Crippen molar-refractivity contribution < 1.29 is 71.6 Å². The number of amides is 3. The molecule has 0 aliphatic heterocycles. The molecule has 21 nitrogen and oxygen atoms in total. The van der Waals surface area contributed by atoms with Gasteiger partial charge in [-0.05, 0) is 295 Å². The first-order valence-corrected chi connectivity index (χ1v) is 60.6. The molecule has 0 aromatic heterocycles. The van der Waals surface area contributed by atoms with Crippen LogP contribution >= 0.6 is 0 Å². The summed E-state index contributed by atoms with van der Waals surface area (Å²) >= 11 is 0. The number of carbonyl (C=O) groups is 9. The van der Waals surface area contributed by atoms with Crippen LogP contribution in [0.15, 0.2) is 18.2 Å². The van der Waals surface area contributed by atoms with Crippen LogP contribution in [0.4, 0.5) is 0 Å². The standard InChI is InChI=1S/C121H224N6O15/c1-13-25-55-76-107(19-7)137-114(129)82-61-43-31-37-49-67-91-125(92-68-50-38-32-44-62-83-115(130)138-108(20-8)77-56-26-14-2)97-73-88-122-113(128)102-104-100-105(120(135)123-89-74-98-126(93-69-51-39-33-45-63-84-116(131)139-109(21-9)78-57-27-15-3)94-70-52-40-34-46-64-85-117(132)140-110(22-10)79-58-28-16-4)103-106(101-104)121(136)124-90-75-99-127(95-71-53-41-35-47-65-86-118(133)141-111(23-11)80-59-29-17-5)96-72-54-42-36-48-66-87-119(134)142-112(24-12)81-60-30-18-6/h100-101,103,107-112H,13-99,102H2,1-12H3,(H,122,128)(H,123,135)(H,124,136). The fourth-order valence-electron chi connectivity index (χ4n) is 19.2. The molecule has 0 radical (unpaired) electrons. The van der Waals surface area contributed by atoms with Gasteiger partial charge in [0.05, 0.1) is 6.42 Å². The van der Waals surface area contributed by atoms with Gasteiger partial charge >= 0.3 is 35.8 Å². The van der Waals surface area contributed by atoms with Crippen molar-refractivity contribution in [2.75, 3.05) is 78.5 Å². The van der Waals surface area contributed by atoms with E-state index < -0.39 is 0 Å². The third-order valence-corrected chi connectivity index (χ3v) is 28.7. The molecule has 0 spiro atoms. The number of nitrogens with zero attached hydrogens (tertiary/aromatic N) is 3. The van der Waals surface area contributed by atoms with E-state index in [0.29, 0.717) is 74.8 Å². The van der Waals surface area contributed by atoms with Gasteiger partial charge in [-0.15, -0.1) is 0 Å². The molecule has 0 bridgehead atoms. The van der Waals surface area contributed by atoms with E-state index in [2.05, 4.69) is 114 Å². The summed E-state index contributed by atoms with van der Waals surface area (Å²) in [6, 6.07) is 5.25. The zero-order valence-electron chi connectivity index (χ0n) is 94.4. The quantitative estimate of drug-likeness (QED) is 0.0311. The largest absolute Gasteiger partial charge is 0.462 e. The second-order valence-corrected chi connectivity index (χ2v) is 41.9. The van der Waals surface area contributed by atoms with Crippen molar-refractivity contribution in [3.63, 3.8) is 0 Å². The third kappa shape index (κ3) is 81.4. The minimum absolute atomic E-state index is 0.00921. The molecule has 1 rings (SSSR count). The van der Waals surface area contributed by atoms with Crippen molar-refractivity contribution in [2.24, 2.45) is 0 Å². The zero-order valence-corrected chi connectivity index (χ0v) is 94.4. The van der Waals surface area contributed by atoms with Gasteiger partial charge in [0, 0.05) is 69.3 Å². The topological polar surface area (TPSA) is 255 Å². The van der Waals surface area contributed by atoms with Gasteiger partial charge in [0.1, 0.15) is 36.6 Å². The molecular formula is C121H224N6O15. The van der Waals surface area contributed by atoms with E-state index >= 15 is 0 Å². The van der Waals surface area contributed by atoms with Crippen LogP contribution in [0.25, 0.3) is 0 Å². The minimum atomic E-state index is -0.281. The Hall–Kier alpha value is -5.67. The molecule has 0 saturated heterocycles. The predicted molar refractivity (Wildman–Crippen MR) is 591 cm³/mol. The summed E-state index contributed by atoms with van der Waals surface area (Å²) in [4.78, 5) is 128. The first-order valence-electron chi connectivity index (χ1n) is 60.6. The van der Waals surface area contributed by atoms with Gasteiger partial charge < -0.3 is 59.1 Å². The van der Waals surface area contributed by atoms with Gasteiger partial charge in [-0.2, -0.15) is 0 Å². The second kappa shape index (κ2) is 98.7. The van der Waals surface area contributed by atoms with Gasteiger partial charge in [0.2, 0.25) is 5.91 Å². The maximum absolute atomic E-state index is 14.6. The lowest BCUT2D eigenvalue weighted by atomic mass is 10.0. The van der Waals surface area contributed by atoms with Gasteiger partial charge in [-0.3, -0.25) is 43.2 Å². The smallest absolute Gasteiger partial charge is 0.306 e. The molecule has 6 unspecified atom stereocenters. The van der Waals surface area contributed by atoms with Crippen LogP contribution in [0.1, 0.15) is 591 Å². The van der Waals surface area contributed by atoms with Crippen molar-refractivity contribution in [1.29, 1.82) is 0 Å². The van der Waals surface area contributed by atoms with E-state index in [-0.39, 0.29) is 96.6 Å². The third-order valence-electron chi connectivity index (χ3n) is 28.7. The fourth-order valence-corrected chi connectivity index (χ4v) is 19.2. The Morgan fingerprint density at radius 3 is 0.577 bits per heavy atom. The first kappa shape index (κ1) is 134. The Morgan fingerprint density at radius 2 is 0.387 bits per heavy atom. The molecule has 0 aliphatic carbocycles. The van der Waals surface area contributed by atoms with Gasteiger partial charge in [0.25, 0.3) is 11.8 Å². The van der Waals surface area contributed by atoms with E-state index in [9.17, 15) is 43.2 Å². The monoisotopic (exact) mass is 2000 g/mol. The molecule has 142 heavy (non-hydrogen) atoms. The van der Waals surface area contributed by atoms with Crippen LogP contribution < -0.4 is 16.0 Å². The molecule has 1 aromatic rings. The van der Waals surface area contributed by atoms with Gasteiger partial charge in [-0.1, -0.05) is 314 Å². The Balaban J connectivity index is 3.49. The van der Waals surface area contributed by atoms with Crippen LogP contribution in [-0.4, -0.2) is 183 Å². The molecular weight excluding hydrogens is 1780 g/mol. The van der Waals surface area contributed by atoms with E-state index in [0.717, 1.165) is 463 Å². The van der Waals surface area contributed by atoms with E-state index in [1.54, 1.807) is 18.2 Å². The molecule has 0 heterocycles. The lowest BCUT2D eigenvalue weighted by Crippen LogP contribution is -2.33. The average Bonchev–Trinajstić information content (AvgIpc) is 0.831. The first-order chi connectivity index (χ1) is 69.3. The maximum Gasteiger partial charge on any atom is 0.306 e.